The third-order valence-corrected chi connectivity index (χ3v) is 5.08. The number of fused-ring (bicyclic) bond motifs is 1. The van der Waals surface area contributed by atoms with Crippen LogP contribution in [0.5, 0.6) is 5.75 Å². The molecular weight excluding hydrogens is 246 g/mol. The molecule has 110 valence electrons. The van der Waals surface area contributed by atoms with E-state index in [1.807, 2.05) is 0 Å². The third-order valence-electron chi connectivity index (χ3n) is 5.08. The summed E-state index contributed by atoms with van der Waals surface area (Å²) in [6, 6.07) is 7.19. The second kappa shape index (κ2) is 6.17. The molecule has 0 bridgehead atoms. The van der Waals surface area contributed by atoms with E-state index >= 15 is 0 Å². The van der Waals surface area contributed by atoms with E-state index in [1.54, 1.807) is 0 Å². The molecule has 2 nitrogen and oxygen atoms in total. The van der Waals surface area contributed by atoms with Gasteiger partial charge in [-0.15, -0.1) is 0 Å². The highest BCUT2D eigenvalue weighted by Gasteiger charge is 2.33. The van der Waals surface area contributed by atoms with Gasteiger partial charge in [0, 0.05) is 12.0 Å². The number of nitrogens with zero attached hydrogens (tertiary/aromatic N) is 1. The highest BCUT2D eigenvalue weighted by molar-refractivity contribution is 5.39. The average Bonchev–Trinajstić information content (AvgIpc) is 2.47. The van der Waals surface area contributed by atoms with Gasteiger partial charge in [-0.1, -0.05) is 24.6 Å². The van der Waals surface area contributed by atoms with Crippen molar-refractivity contribution in [1.29, 1.82) is 0 Å². The molecular formula is C18H27NO. The Morgan fingerprint density at radius 2 is 1.80 bits per heavy atom. The number of rotatable bonds is 3. The molecule has 0 radical (unpaired) electrons. The summed E-state index contributed by atoms with van der Waals surface area (Å²) >= 11 is 0. The summed E-state index contributed by atoms with van der Waals surface area (Å²) in [6.45, 7) is 7.81. The molecule has 0 aromatic heterocycles. The Bertz CT molecular complexity index is 434. The quantitative estimate of drug-likeness (QED) is 0.827. The highest BCUT2D eigenvalue weighted by atomic mass is 16.5. The van der Waals surface area contributed by atoms with Gasteiger partial charge in [0.2, 0.25) is 0 Å². The molecule has 2 heterocycles. The molecule has 0 saturated carbocycles. The molecule has 2 aliphatic rings. The number of ether oxygens (including phenoxy) is 1. The van der Waals surface area contributed by atoms with Gasteiger partial charge in [-0.3, -0.25) is 4.90 Å². The largest absolute Gasteiger partial charge is 0.493 e. The Morgan fingerprint density at radius 3 is 2.60 bits per heavy atom. The van der Waals surface area contributed by atoms with Crippen molar-refractivity contribution in [1.82, 2.24) is 4.90 Å². The maximum absolute atomic E-state index is 6.23. The molecule has 1 aromatic carbocycles. The minimum Gasteiger partial charge on any atom is -0.493 e. The smallest absolute Gasteiger partial charge is 0.125 e. The number of para-hydroxylation sites is 1. The molecule has 0 amide bonds. The SMILES string of the molecule is Cc1cccc(C)c1OC[C@H]1CCCN2CCCC[C@H]12. The summed E-state index contributed by atoms with van der Waals surface area (Å²) in [7, 11) is 0. The minimum atomic E-state index is 0.725. The van der Waals surface area contributed by atoms with Crippen LogP contribution in [0.4, 0.5) is 0 Å². The van der Waals surface area contributed by atoms with Crippen LogP contribution < -0.4 is 4.74 Å². The first kappa shape index (κ1) is 13.9. The summed E-state index contributed by atoms with van der Waals surface area (Å²) in [6.07, 6.45) is 6.85. The number of hydrogen-bond acceptors (Lipinski definition) is 2. The fourth-order valence-corrected chi connectivity index (χ4v) is 3.99. The molecule has 2 heteroatoms. The minimum absolute atomic E-state index is 0.725. The van der Waals surface area contributed by atoms with Crippen molar-refractivity contribution in [2.45, 2.75) is 52.0 Å². The van der Waals surface area contributed by atoms with Crippen LogP contribution in [0.15, 0.2) is 18.2 Å². The lowest BCUT2D eigenvalue weighted by Crippen LogP contribution is -2.49. The van der Waals surface area contributed by atoms with Crippen LogP contribution in [0.1, 0.15) is 43.2 Å². The number of piperidine rings is 2. The maximum atomic E-state index is 6.23. The number of benzene rings is 1. The second-order valence-corrected chi connectivity index (χ2v) is 6.53. The summed E-state index contributed by atoms with van der Waals surface area (Å²) in [5, 5.41) is 0. The van der Waals surface area contributed by atoms with Crippen molar-refractivity contribution < 1.29 is 4.74 Å². The Morgan fingerprint density at radius 1 is 1.05 bits per heavy atom. The molecule has 0 spiro atoms. The topological polar surface area (TPSA) is 12.5 Å². The van der Waals surface area contributed by atoms with Gasteiger partial charge in [0.1, 0.15) is 5.75 Å². The van der Waals surface area contributed by atoms with Crippen LogP contribution >= 0.6 is 0 Å². The average molecular weight is 273 g/mol. The van der Waals surface area contributed by atoms with Crippen molar-refractivity contribution in [3.63, 3.8) is 0 Å². The van der Waals surface area contributed by atoms with Gasteiger partial charge in [-0.25, -0.2) is 0 Å². The standard InChI is InChI=1S/C18H27NO/c1-14-7-5-8-15(2)18(14)20-13-16-9-6-12-19-11-4-3-10-17(16)19/h5,7-8,16-17H,3-4,6,9-13H2,1-2H3/t16-,17-/m1/s1. The Hall–Kier alpha value is -1.02. The van der Waals surface area contributed by atoms with Crippen molar-refractivity contribution >= 4 is 0 Å². The predicted octanol–water partition coefficient (Wildman–Crippen LogP) is 3.95. The van der Waals surface area contributed by atoms with Gasteiger partial charge in [-0.05, 0) is 63.7 Å². The summed E-state index contributed by atoms with van der Waals surface area (Å²) in [5.74, 6) is 1.84. The molecule has 1 aromatic rings. The van der Waals surface area contributed by atoms with Crippen LogP contribution in [-0.2, 0) is 0 Å². The zero-order valence-electron chi connectivity index (χ0n) is 12.9. The van der Waals surface area contributed by atoms with E-state index in [9.17, 15) is 0 Å². The Labute approximate surface area is 123 Å². The molecule has 2 saturated heterocycles. The summed E-state index contributed by atoms with van der Waals surface area (Å²) in [4.78, 5) is 2.71. The molecule has 3 rings (SSSR count). The number of hydrogen-bond donors (Lipinski definition) is 0. The third kappa shape index (κ3) is 2.85. The molecule has 0 aliphatic carbocycles. The Balaban J connectivity index is 1.65. The maximum Gasteiger partial charge on any atom is 0.125 e. The van der Waals surface area contributed by atoms with E-state index in [2.05, 4.69) is 36.9 Å². The molecule has 0 unspecified atom stereocenters. The van der Waals surface area contributed by atoms with Gasteiger partial charge in [0.05, 0.1) is 6.61 Å². The molecule has 2 fully saturated rings. The normalized spacial score (nSPS) is 27.1. The fraction of sp³-hybridized carbons (Fsp3) is 0.667. The zero-order chi connectivity index (χ0) is 13.9. The first-order valence-corrected chi connectivity index (χ1v) is 8.19. The summed E-state index contributed by atoms with van der Waals surface area (Å²) in [5.41, 5.74) is 2.53. The molecule has 20 heavy (non-hydrogen) atoms. The molecule has 2 atom stereocenters. The lowest BCUT2D eigenvalue weighted by atomic mass is 9.84. The van der Waals surface area contributed by atoms with Crippen molar-refractivity contribution in [3.05, 3.63) is 29.3 Å². The van der Waals surface area contributed by atoms with E-state index in [0.717, 1.165) is 24.3 Å². The molecule has 2 aliphatic heterocycles. The van der Waals surface area contributed by atoms with Gasteiger partial charge >= 0.3 is 0 Å². The van der Waals surface area contributed by atoms with Gasteiger partial charge in [-0.2, -0.15) is 0 Å². The van der Waals surface area contributed by atoms with E-state index in [-0.39, 0.29) is 0 Å². The van der Waals surface area contributed by atoms with E-state index < -0.39 is 0 Å². The van der Waals surface area contributed by atoms with Crippen molar-refractivity contribution in [2.75, 3.05) is 19.7 Å². The van der Waals surface area contributed by atoms with Crippen LogP contribution in [0.2, 0.25) is 0 Å². The van der Waals surface area contributed by atoms with E-state index in [4.69, 9.17) is 4.74 Å². The van der Waals surface area contributed by atoms with Crippen molar-refractivity contribution in [3.8, 4) is 5.75 Å². The Kier molecular flexibility index (Phi) is 4.30. The van der Waals surface area contributed by atoms with E-state index in [1.165, 1.54) is 56.3 Å². The fourth-order valence-electron chi connectivity index (χ4n) is 3.99. The van der Waals surface area contributed by atoms with Gasteiger partial charge in [0.25, 0.3) is 0 Å². The molecule has 0 N–H and O–H groups in total. The van der Waals surface area contributed by atoms with Crippen LogP contribution in [0.25, 0.3) is 0 Å². The highest BCUT2D eigenvalue weighted by Crippen LogP contribution is 2.32. The lowest BCUT2D eigenvalue weighted by molar-refractivity contribution is 0.0363. The predicted molar refractivity (Wildman–Crippen MR) is 83.3 cm³/mol. The summed E-state index contributed by atoms with van der Waals surface area (Å²) < 4.78 is 6.23. The number of aryl methyl sites for hydroxylation is 2. The van der Waals surface area contributed by atoms with E-state index in [0.29, 0.717) is 0 Å². The first-order chi connectivity index (χ1) is 9.75. The van der Waals surface area contributed by atoms with Gasteiger partial charge < -0.3 is 4.74 Å². The monoisotopic (exact) mass is 273 g/mol. The van der Waals surface area contributed by atoms with Crippen LogP contribution in [-0.4, -0.2) is 30.6 Å². The second-order valence-electron chi connectivity index (χ2n) is 6.53. The zero-order valence-corrected chi connectivity index (χ0v) is 12.9. The van der Waals surface area contributed by atoms with Crippen LogP contribution in [0.3, 0.4) is 0 Å². The lowest BCUT2D eigenvalue weighted by Gasteiger charge is -2.44. The first-order valence-electron chi connectivity index (χ1n) is 8.19. The van der Waals surface area contributed by atoms with Crippen LogP contribution in [0, 0.1) is 19.8 Å². The van der Waals surface area contributed by atoms with Crippen molar-refractivity contribution in [2.24, 2.45) is 5.92 Å². The van der Waals surface area contributed by atoms with Gasteiger partial charge in [0.15, 0.2) is 0 Å².